The largest absolute Gasteiger partial charge is 0.294 e. The van der Waals surface area contributed by atoms with Crippen molar-refractivity contribution in [2.24, 2.45) is 29.6 Å². The first-order chi connectivity index (χ1) is 8.25. The van der Waals surface area contributed by atoms with E-state index in [1.165, 1.54) is 12.0 Å². The van der Waals surface area contributed by atoms with Gasteiger partial charge in [-0.1, -0.05) is 43.4 Å². The van der Waals surface area contributed by atoms with Crippen molar-refractivity contribution in [1.29, 1.82) is 0 Å². The van der Waals surface area contributed by atoms with Gasteiger partial charge in [-0.3, -0.25) is 4.79 Å². The molecule has 1 nitrogen and oxygen atoms in total. The van der Waals surface area contributed by atoms with E-state index in [9.17, 15) is 4.79 Å². The number of Topliss-reactive ketones (excluding diaryl/α,β-unsaturated/α-hetero) is 1. The molecule has 5 atom stereocenters. The number of carbonyl (C=O) groups excluding carboxylic acids is 1. The van der Waals surface area contributed by atoms with Gasteiger partial charge in [0, 0.05) is 11.5 Å². The molecule has 0 aromatic heterocycles. The van der Waals surface area contributed by atoms with Crippen LogP contribution in [0.5, 0.6) is 0 Å². The minimum absolute atomic E-state index is 0.272. The van der Waals surface area contributed by atoms with Crippen molar-refractivity contribution < 1.29 is 4.79 Å². The van der Waals surface area contributed by atoms with Crippen LogP contribution in [0, 0.1) is 29.6 Å². The first kappa shape index (κ1) is 9.64. The van der Waals surface area contributed by atoms with E-state index in [2.05, 4.69) is 43.4 Å². The molecule has 86 valence electrons. The van der Waals surface area contributed by atoms with Crippen LogP contribution in [-0.2, 0) is 4.79 Å². The second kappa shape index (κ2) is 3.10. The maximum absolute atomic E-state index is 12.5. The Labute approximate surface area is 102 Å². The minimum atomic E-state index is 0.272. The third-order valence-electron chi connectivity index (χ3n) is 4.92. The van der Waals surface area contributed by atoms with Crippen molar-refractivity contribution in [2.75, 3.05) is 0 Å². The van der Waals surface area contributed by atoms with E-state index in [-0.39, 0.29) is 5.92 Å². The Morgan fingerprint density at radius 1 is 1.18 bits per heavy atom. The van der Waals surface area contributed by atoms with E-state index < -0.39 is 0 Å². The van der Waals surface area contributed by atoms with Gasteiger partial charge in [0.15, 0.2) is 5.78 Å². The Kier molecular flexibility index (Phi) is 1.76. The van der Waals surface area contributed by atoms with Crippen LogP contribution in [-0.4, -0.2) is 5.78 Å². The molecule has 4 aliphatic rings. The third kappa shape index (κ3) is 1.12. The molecule has 0 aromatic carbocycles. The van der Waals surface area contributed by atoms with Crippen LogP contribution in [0.25, 0.3) is 0 Å². The van der Waals surface area contributed by atoms with Crippen LogP contribution in [0.3, 0.4) is 0 Å². The second-order valence-corrected chi connectivity index (χ2v) is 5.79. The highest BCUT2D eigenvalue weighted by Gasteiger charge is 2.51. The Balaban J connectivity index is 1.72. The van der Waals surface area contributed by atoms with Crippen molar-refractivity contribution in [2.45, 2.75) is 13.3 Å². The molecule has 0 saturated heterocycles. The normalized spacial score (nSPS) is 45.5. The molecular formula is C16H16O. The molecule has 0 aliphatic heterocycles. The molecule has 1 fully saturated rings. The van der Waals surface area contributed by atoms with E-state index in [0.717, 1.165) is 5.57 Å². The van der Waals surface area contributed by atoms with Crippen LogP contribution in [0.2, 0.25) is 0 Å². The molecule has 0 amide bonds. The highest BCUT2D eigenvalue weighted by molar-refractivity contribution is 6.05. The predicted molar refractivity (Wildman–Crippen MR) is 67.2 cm³/mol. The van der Waals surface area contributed by atoms with Crippen molar-refractivity contribution in [3.63, 3.8) is 0 Å². The van der Waals surface area contributed by atoms with Gasteiger partial charge in [-0.2, -0.15) is 0 Å². The molecule has 2 bridgehead atoms. The van der Waals surface area contributed by atoms with E-state index >= 15 is 0 Å². The Morgan fingerprint density at radius 2 is 2.00 bits per heavy atom. The quantitative estimate of drug-likeness (QED) is 0.626. The van der Waals surface area contributed by atoms with Gasteiger partial charge < -0.3 is 0 Å². The highest BCUT2D eigenvalue weighted by atomic mass is 16.1. The first-order valence-electron chi connectivity index (χ1n) is 6.59. The molecule has 5 unspecified atom stereocenters. The summed E-state index contributed by atoms with van der Waals surface area (Å²) in [5.41, 5.74) is 2.26. The summed E-state index contributed by atoms with van der Waals surface area (Å²) in [5, 5.41) is 0. The fourth-order valence-electron chi connectivity index (χ4n) is 4.07. The summed E-state index contributed by atoms with van der Waals surface area (Å²) in [5.74, 6) is 2.76. The molecule has 0 aromatic rings. The molecule has 0 heterocycles. The van der Waals surface area contributed by atoms with Gasteiger partial charge in [-0.15, -0.1) is 0 Å². The van der Waals surface area contributed by atoms with Gasteiger partial charge in [-0.05, 0) is 35.7 Å². The maximum atomic E-state index is 12.5. The van der Waals surface area contributed by atoms with Crippen LogP contribution in [0.1, 0.15) is 13.3 Å². The van der Waals surface area contributed by atoms with Crippen LogP contribution in [0.15, 0.2) is 47.6 Å². The molecular weight excluding hydrogens is 208 g/mol. The summed E-state index contributed by atoms with van der Waals surface area (Å²) in [6.07, 6.45) is 14.4. The molecule has 0 radical (unpaired) electrons. The Hall–Kier alpha value is -1.37. The number of hydrogen-bond donors (Lipinski definition) is 0. The summed E-state index contributed by atoms with van der Waals surface area (Å²) < 4.78 is 0. The van der Waals surface area contributed by atoms with Gasteiger partial charge >= 0.3 is 0 Å². The SMILES string of the molecule is CC1C=CC=C1C1=CC2C3C=CC(C3)C2C1=O. The fourth-order valence-corrected chi connectivity index (χ4v) is 4.07. The van der Waals surface area contributed by atoms with E-state index in [4.69, 9.17) is 0 Å². The van der Waals surface area contributed by atoms with Crippen molar-refractivity contribution in [3.8, 4) is 0 Å². The molecule has 1 saturated carbocycles. The number of ketones is 1. The number of fused-ring (bicyclic) bond motifs is 5. The number of hydrogen-bond acceptors (Lipinski definition) is 1. The summed E-state index contributed by atoms with van der Waals surface area (Å²) in [7, 11) is 0. The van der Waals surface area contributed by atoms with E-state index in [1.807, 2.05) is 0 Å². The maximum Gasteiger partial charge on any atom is 0.167 e. The molecule has 1 heteroatoms. The topological polar surface area (TPSA) is 17.1 Å². The Morgan fingerprint density at radius 3 is 2.71 bits per heavy atom. The van der Waals surface area contributed by atoms with Gasteiger partial charge in [0.05, 0.1) is 0 Å². The van der Waals surface area contributed by atoms with E-state index in [1.54, 1.807) is 0 Å². The summed E-state index contributed by atoms with van der Waals surface area (Å²) in [4.78, 5) is 12.5. The lowest BCUT2D eigenvalue weighted by molar-refractivity contribution is -0.119. The molecule has 4 rings (SSSR count). The average Bonchev–Trinajstić information content (AvgIpc) is 3.01. The van der Waals surface area contributed by atoms with Crippen molar-refractivity contribution in [3.05, 3.63) is 47.6 Å². The van der Waals surface area contributed by atoms with Crippen LogP contribution >= 0.6 is 0 Å². The molecule has 0 spiro atoms. The summed E-state index contributed by atoms with van der Waals surface area (Å²) >= 11 is 0. The van der Waals surface area contributed by atoms with Gasteiger partial charge in [-0.25, -0.2) is 0 Å². The Bertz CT molecular complexity index is 518. The lowest BCUT2D eigenvalue weighted by Crippen LogP contribution is -2.21. The van der Waals surface area contributed by atoms with Crippen molar-refractivity contribution >= 4 is 5.78 Å². The van der Waals surface area contributed by atoms with Gasteiger partial charge in [0.2, 0.25) is 0 Å². The molecule has 0 N–H and O–H groups in total. The zero-order valence-electron chi connectivity index (χ0n) is 9.97. The average molecular weight is 224 g/mol. The van der Waals surface area contributed by atoms with Crippen LogP contribution in [0.4, 0.5) is 0 Å². The van der Waals surface area contributed by atoms with Crippen LogP contribution < -0.4 is 0 Å². The smallest absolute Gasteiger partial charge is 0.167 e. The third-order valence-corrected chi connectivity index (χ3v) is 4.92. The lowest BCUT2D eigenvalue weighted by atomic mass is 9.84. The standard InChI is InChI=1S/C16H16O/c1-9-3-2-4-12(9)14-8-13-10-5-6-11(7-10)15(13)16(14)17/h2-6,8-11,13,15H,7H2,1H3. The second-order valence-electron chi connectivity index (χ2n) is 5.79. The van der Waals surface area contributed by atoms with E-state index in [0.29, 0.717) is 29.5 Å². The zero-order chi connectivity index (χ0) is 11.6. The predicted octanol–water partition coefficient (Wildman–Crippen LogP) is 3.07. The highest BCUT2D eigenvalue weighted by Crippen LogP contribution is 2.54. The number of carbonyl (C=O) groups is 1. The van der Waals surface area contributed by atoms with Gasteiger partial charge in [0.1, 0.15) is 0 Å². The number of allylic oxidation sites excluding steroid dienone is 8. The van der Waals surface area contributed by atoms with Gasteiger partial charge in [0.25, 0.3) is 0 Å². The lowest BCUT2D eigenvalue weighted by Gasteiger charge is -2.18. The summed E-state index contributed by atoms with van der Waals surface area (Å²) in [6, 6.07) is 0. The monoisotopic (exact) mass is 224 g/mol. The fraction of sp³-hybridized carbons (Fsp3) is 0.438. The molecule has 4 aliphatic carbocycles. The zero-order valence-corrected chi connectivity index (χ0v) is 9.97. The molecule has 17 heavy (non-hydrogen) atoms. The minimum Gasteiger partial charge on any atom is -0.294 e. The summed E-state index contributed by atoms with van der Waals surface area (Å²) in [6.45, 7) is 2.17. The van der Waals surface area contributed by atoms with Crippen molar-refractivity contribution in [1.82, 2.24) is 0 Å². The first-order valence-corrected chi connectivity index (χ1v) is 6.59. The number of rotatable bonds is 1.